The molecule has 118 valence electrons. The Labute approximate surface area is 143 Å². The lowest BCUT2D eigenvalue weighted by Crippen LogP contribution is -2.18. The van der Waals surface area contributed by atoms with Gasteiger partial charge in [0.1, 0.15) is 16.8 Å². The third-order valence-electron chi connectivity index (χ3n) is 2.78. The van der Waals surface area contributed by atoms with Crippen molar-refractivity contribution in [1.29, 1.82) is 0 Å². The number of halogens is 2. The smallest absolute Gasteiger partial charge is 0.338 e. The Bertz CT molecular complexity index is 685. The number of nitrogens with zero attached hydrogens (tertiary/aromatic N) is 1. The van der Waals surface area contributed by atoms with E-state index in [2.05, 4.69) is 0 Å². The van der Waals surface area contributed by atoms with Crippen molar-refractivity contribution in [3.05, 3.63) is 38.5 Å². The molecule has 1 heterocycles. The van der Waals surface area contributed by atoms with Crippen molar-refractivity contribution >= 4 is 40.5 Å². The Kier molecular flexibility index (Phi) is 5.69. The molecular weight excluding hydrogens is 345 g/mol. The Balaban J connectivity index is 2.46. The predicted molar refractivity (Wildman–Crippen MR) is 90.3 cm³/mol. The molecule has 2 aromatic rings. The fraction of sp³-hybridized carbons (Fsp3) is 0.267. The average molecular weight is 360 g/mol. The van der Waals surface area contributed by atoms with Crippen LogP contribution >= 0.6 is 34.5 Å². The number of benzene rings is 1. The lowest BCUT2D eigenvalue weighted by molar-refractivity contribution is 0.0600. The maximum absolute atomic E-state index is 11.8. The molecule has 0 amide bonds. The molecule has 0 N–H and O–H groups in total. The van der Waals surface area contributed by atoms with Gasteiger partial charge in [0.2, 0.25) is 0 Å². The number of esters is 1. The largest absolute Gasteiger partial charge is 0.478 e. The van der Waals surface area contributed by atoms with Crippen LogP contribution in [0.1, 0.15) is 10.4 Å². The Morgan fingerprint density at radius 1 is 1.23 bits per heavy atom. The van der Waals surface area contributed by atoms with E-state index in [1.807, 2.05) is 25.1 Å². The van der Waals surface area contributed by atoms with Crippen LogP contribution in [0.3, 0.4) is 0 Å². The molecule has 0 atom stereocenters. The van der Waals surface area contributed by atoms with Gasteiger partial charge in [0.25, 0.3) is 0 Å². The van der Waals surface area contributed by atoms with E-state index in [1.165, 1.54) is 18.4 Å². The molecule has 0 saturated carbocycles. The molecule has 0 aliphatic rings. The highest BCUT2D eigenvalue weighted by Gasteiger charge is 2.14. The van der Waals surface area contributed by atoms with Gasteiger partial charge >= 0.3 is 5.97 Å². The van der Waals surface area contributed by atoms with Crippen LogP contribution in [-0.2, 0) is 4.74 Å². The summed E-state index contributed by atoms with van der Waals surface area (Å²) in [5.41, 5.74) is 1.91. The van der Waals surface area contributed by atoms with Crippen molar-refractivity contribution in [2.24, 2.45) is 0 Å². The van der Waals surface area contributed by atoms with E-state index >= 15 is 0 Å². The maximum Gasteiger partial charge on any atom is 0.338 e. The molecule has 1 aromatic heterocycles. The first-order valence-electron chi connectivity index (χ1n) is 6.37. The van der Waals surface area contributed by atoms with Crippen molar-refractivity contribution in [3.8, 4) is 16.9 Å². The van der Waals surface area contributed by atoms with Crippen LogP contribution in [0.25, 0.3) is 11.1 Å². The summed E-state index contributed by atoms with van der Waals surface area (Å²) in [4.78, 5) is 13.7. The summed E-state index contributed by atoms with van der Waals surface area (Å²) in [6.45, 7) is 0.391. The summed E-state index contributed by atoms with van der Waals surface area (Å²) in [5, 5.41) is 0. The number of methoxy groups -OCH3 is 1. The van der Waals surface area contributed by atoms with Gasteiger partial charge in [-0.3, -0.25) is 4.90 Å². The summed E-state index contributed by atoms with van der Waals surface area (Å²) in [6.07, 6.45) is 0. The average Bonchev–Trinajstić information content (AvgIpc) is 2.82. The fourth-order valence-corrected chi connectivity index (χ4v) is 3.32. The second-order valence-corrected chi connectivity index (χ2v) is 7.11. The summed E-state index contributed by atoms with van der Waals surface area (Å²) in [6, 6.07) is 6.93. The highest BCUT2D eigenvalue weighted by molar-refractivity contribution is 7.20. The van der Waals surface area contributed by atoms with Gasteiger partial charge in [-0.1, -0.05) is 23.2 Å². The number of hydrogen-bond acceptors (Lipinski definition) is 5. The van der Waals surface area contributed by atoms with E-state index in [9.17, 15) is 4.79 Å². The quantitative estimate of drug-likeness (QED) is 0.585. The number of carbonyl (C=O) groups is 1. The Morgan fingerprint density at radius 3 is 2.50 bits per heavy atom. The standard InChI is InChI=1S/C15H15Cl2NO3S/c1-18(2)8-21-11-5-9(4-10(6-11)15(19)20-3)12-7-13(16)22-14(12)17/h4-7H,8H2,1-3H3. The minimum absolute atomic E-state index is 0.391. The van der Waals surface area contributed by atoms with Gasteiger partial charge in [-0.25, -0.2) is 4.79 Å². The van der Waals surface area contributed by atoms with Crippen molar-refractivity contribution in [2.75, 3.05) is 27.9 Å². The highest BCUT2D eigenvalue weighted by atomic mass is 35.5. The number of ether oxygens (including phenoxy) is 2. The SMILES string of the molecule is COC(=O)c1cc(OCN(C)C)cc(-c2cc(Cl)sc2Cl)c1. The van der Waals surface area contributed by atoms with Crippen LogP contribution in [0.15, 0.2) is 24.3 Å². The normalized spacial score (nSPS) is 10.8. The van der Waals surface area contributed by atoms with E-state index in [0.717, 1.165) is 11.1 Å². The predicted octanol–water partition coefficient (Wildman–Crippen LogP) is 4.41. The van der Waals surface area contributed by atoms with E-state index in [0.29, 0.717) is 26.7 Å². The maximum atomic E-state index is 11.8. The lowest BCUT2D eigenvalue weighted by atomic mass is 10.1. The summed E-state index contributed by atoms with van der Waals surface area (Å²) in [7, 11) is 5.12. The van der Waals surface area contributed by atoms with Gasteiger partial charge in [-0.05, 0) is 43.9 Å². The molecule has 0 unspecified atom stereocenters. The minimum Gasteiger partial charge on any atom is -0.478 e. The van der Waals surface area contributed by atoms with Gasteiger partial charge < -0.3 is 9.47 Å². The molecule has 7 heteroatoms. The van der Waals surface area contributed by atoms with Crippen molar-refractivity contribution in [3.63, 3.8) is 0 Å². The van der Waals surface area contributed by atoms with Crippen molar-refractivity contribution in [1.82, 2.24) is 4.90 Å². The fourth-order valence-electron chi connectivity index (χ4n) is 1.81. The van der Waals surface area contributed by atoms with E-state index in [-0.39, 0.29) is 0 Å². The first kappa shape index (κ1) is 17.1. The highest BCUT2D eigenvalue weighted by Crippen LogP contribution is 2.39. The summed E-state index contributed by atoms with van der Waals surface area (Å²) >= 11 is 13.5. The molecule has 0 saturated heterocycles. The minimum atomic E-state index is -0.436. The number of hydrogen-bond donors (Lipinski definition) is 0. The van der Waals surface area contributed by atoms with Crippen molar-refractivity contribution < 1.29 is 14.3 Å². The van der Waals surface area contributed by atoms with Crippen LogP contribution in [0.4, 0.5) is 0 Å². The molecule has 0 aliphatic heterocycles. The second kappa shape index (κ2) is 7.33. The Hall–Kier alpha value is -1.27. The molecular formula is C15H15Cl2NO3S. The van der Waals surface area contributed by atoms with Crippen LogP contribution in [0.2, 0.25) is 8.67 Å². The van der Waals surface area contributed by atoms with Crippen LogP contribution in [0.5, 0.6) is 5.75 Å². The van der Waals surface area contributed by atoms with Crippen LogP contribution < -0.4 is 4.74 Å². The van der Waals surface area contributed by atoms with Gasteiger partial charge in [0.15, 0.2) is 0 Å². The van der Waals surface area contributed by atoms with E-state index in [1.54, 1.807) is 18.2 Å². The molecule has 4 nitrogen and oxygen atoms in total. The number of rotatable bonds is 5. The third kappa shape index (κ3) is 4.14. The summed E-state index contributed by atoms with van der Waals surface area (Å²) < 4.78 is 11.6. The molecule has 0 aliphatic carbocycles. The topological polar surface area (TPSA) is 38.8 Å². The van der Waals surface area contributed by atoms with Gasteiger partial charge in [-0.15, -0.1) is 11.3 Å². The van der Waals surface area contributed by atoms with Gasteiger partial charge in [0.05, 0.1) is 17.0 Å². The molecule has 1 aromatic carbocycles. The zero-order valence-corrected chi connectivity index (χ0v) is 14.7. The Morgan fingerprint density at radius 2 is 1.95 bits per heavy atom. The first-order chi connectivity index (χ1) is 10.4. The van der Waals surface area contributed by atoms with Crippen molar-refractivity contribution in [2.45, 2.75) is 0 Å². The molecule has 2 rings (SSSR count). The molecule has 0 spiro atoms. The molecule has 0 radical (unpaired) electrons. The van der Waals surface area contributed by atoms with E-state index < -0.39 is 5.97 Å². The second-order valence-electron chi connectivity index (χ2n) is 4.83. The lowest BCUT2D eigenvalue weighted by Gasteiger charge is -2.14. The zero-order valence-electron chi connectivity index (χ0n) is 12.4. The molecule has 0 fully saturated rings. The molecule has 0 bridgehead atoms. The summed E-state index contributed by atoms with van der Waals surface area (Å²) in [5.74, 6) is 0.124. The monoisotopic (exact) mass is 359 g/mol. The van der Waals surface area contributed by atoms with Crippen LogP contribution in [-0.4, -0.2) is 38.8 Å². The number of carbonyl (C=O) groups excluding carboxylic acids is 1. The first-order valence-corrected chi connectivity index (χ1v) is 7.94. The van der Waals surface area contributed by atoms with Gasteiger partial charge in [-0.2, -0.15) is 0 Å². The van der Waals surface area contributed by atoms with Gasteiger partial charge in [0, 0.05) is 5.56 Å². The van der Waals surface area contributed by atoms with E-state index in [4.69, 9.17) is 32.7 Å². The third-order valence-corrected chi connectivity index (χ3v) is 4.27. The number of thiophene rings is 1. The molecule has 22 heavy (non-hydrogen) atoms. The van der Waals surface area contributed by atoms with Crippen LogP contribution in [0, 0.1) is 0 Å². The zero-order chi connectivity index (χ0) is 16.3.